The molecule has 0 rings (SSSR count). The van der Waals surface area contributed by atoms with Crippen molar-refractivity contribution in [3.8, 4) is 0 Å². The monoisotopic (exact) mass is 1460 g/mol. The van der Waals surface area contributed by atoms with Crippen molar-refractivity contribution in [1.29, 1.82) is 0 Å². The molecule has 4 unspecified atom stereocenters. The van der Waals surface area contributed by atoms with Gasteiger partial charge in [0.15, 0.2) is 12.2 Å². The van der Waals surface area contributed by atoms with E-state index in [1.165, 1.54) is 186 Å². The van der Waals surface area contributed by atoms with Crippen LogP contribution in [0.1, 0.15) is 395 Å². The molecule has 0 aliphatic rings. The minimum absolute atomic E-state index is 0.0850. The molecule has 6 atom stereocenters. The molecule has 0 saturated heterocycles. The van der Waals surface area contributed by atoms with Crippen molar-refractivity contribution in [3.63, 3.8) is 0 Å². The molecule has 17 nitrogen and oxygen atoms in total. The van der Waals surface area contributed by atoms with Gasteiger partial charge in [-0.1, -0.05) is 342 Å². The Balaban J connectivity index is 5.25. The highest BCUT2D eigenvalue weighted by Crippen LogP contribution is 2.45. The summed E-state index contributed by atoms with van der Waals surface area (Å²) >= 11 is 0. The van der Waals surface area contributed by atoms with Gasteiger partial charge in [-0.15, -0.1) is 0 Å². The Morgan fingerprint density at radius 1 is 0.330 bits per heavy atom. The van der Waals surface area contributed by atoms with Crippen LogP contribution in [0.3, 0.4) is 0 Å². The second kappa shape index (κ2) is 70.8. The molecule has 0 amide bonds. The van der Waals surface area contributed by atoms with E-state index in [9.17, 15) is 43.2 Å². The molecule has 0 aromatic heterocycles. The van der Waals surface area contributed by atoms with Crippen LogP contribution in [0.5, 0.6) is 0 Å². The fourth-order valence-electron chi connectivity index (χ4n) is 11.9. The number of aliphatic hydroxyl groups is 1. The third-order valence-corrected chi connectivity index (χ3v) is 20.5. The topological polar surface area (TPSA) is 237 Å². The minimum atomic E-state index is -4.97. The molecular formula is C81H154O17P2. The van der Waals surface area contributed by atoms with Crippen molar-refractivity contribution >= 4 is 39.5 Å². The zero-order valence-corrected chi connectivity index (χ0v) is 66.9. The van der Waals surface area contributed by atoms with Crippen LogP contribution in [-0.2, 0) is 65.4 Å². The summed E-state index contributed by atoms with van der Waals surface area (Å²) in [6.45, 7) is 11.9. The molecule has 0 aromatic rings. The van der Waals surface area contributed by atoms with Gasteiger partial charge in [-0.2, -0.15) is 0 Å². The van der Waals surface area contributed by atoms with Crippen molar-refractivity contribution < 1.29 is 80.2 Å². The Hall–Kier alpha value is -2.46. The maximum Gasteiger partial charge on any atom is 0.472 e. The van der Waals surface area contributed by atoms with E-state index in [4.69, 9.17) is 37.0 Å². The Morgan fingerprint density at radius 3 is 0.890 bits per heavy atom. The average Bonchev–Trinajstić information content (AvgIpc) is 0.918. The molecule has 3 N–H and O–H groups in total. The molecule has 590 valence electrons. The highest BCUT2D eigenvalue weighted by molar-refractivity contribution is 7.47. The fourth-order valence-corrected chi connectivity index (χ4v) is 13.5. The van der Waals surface area contributed by atoms with Crippen molar-refractivity contribution in [3.05, 3.63) is 24.3 Å². The van der Waals surface area contributed by atoms with Crippen molar-refractivity contribution in [2.45, 2.75) is 414 Å². The number of carbonyl (C=O) groups is 4. The number of hydrogen-bond acceptors (Lipinski definition) is 15. The van der Waals surface area contributed by atoms with Gasteiger partial charge in [0.2, 0.25) is 0 Å². The number of unbranched alkanes of at least 4 members (excludes halogenated alkanes) is 41. The van der Waals surface area contributed by atoms with E-state index in [0.717, 1.165) is 121 Å². The Kier molecular flexibility index (Phi) is 69.1. The lowest BCUT2D eigenvalue weighted by Gasteiger charge is -2.21. The van der Waals surface area contributed by atoms with Gasteiger partial charge in [-0.25, -0.2) is 9.13 Å². The first-order valence-electron chi connectivity index (χ1n) is 41.2. The Bertz CT molecular complexity index is 2040. The van der Waals surface area contributed by atoms with Gasteiger partial charge in [0, 0.05) is 25.7 Å². The molecule has 0 heterocycles. The molecule has 0 radical (unpaired) electrons. The lowest BCUT2D eigenvalue weighted by Crippen LogP contribution is -2.30. The van der Waals surface area contributed by atoms with E-state index >= 15 is 0 Å². The lowest BCUT2D eigenvalue weighted by atomic mass is 9.99. The highest BCUT2D eigenvalue weighted by atomic mass is 31.2. The predicted molar refractivity (Wildman–Crippen MR) is 409 cm³/mol. The molecule has 0 saturated carbocycles. The third kappa shape index (κ3) is 72.5. The predicted octanol–water partition coefficient (Wildman–Crippen LogP) is 23.7. The minimum Gasteiger partial charge on any atom is -0.462 e. The van der Waals surface area contributed by atoms with Crippen LogP contribution in [-0.4, -0.2) is 96.7 Å². The van der Waals surface area contributed by atoms with E-state index < -0.39 is 97.5 Å². The summed E-state index contributed by atoms with van der Waals surface area (Å²) in [5.41, 5.74) is 0. The van der Waals surface area contributed by atoms with E-state index in [1.54, 1.807) is 0 Å². The van der Waals surface area contributed by atoms with Gasteiger partial charge in [0.1, 0.15) is 19.3 Å². The number of esters is 4. The van der Waals surface area contributed by atoms with Gasteiger partial charge < -0.3 is 33.8 Å². The van der Waals surface area contributed by atoms with Crippen LogP contribution < -0.4 is 0 Å². The van der Waals surface area contributed by atoms with Gasteiger partial charge in [-0.05, 0) is 69.1 Å². The molecule has 19 heteroatoms. The number of aliphatic hydroxyl groups excluding tert-OH is 1. The number of phosphoric acid groups is 2. The van der Waals surface area contributed by atoms with Crippen LogP contribution in [0.25, 0.3) is 0 Å². The van der Waals surface area contributed by atoms with Crippen molar-refractivity contribution in [2.75, 3.05) is 39.6 Å². The first-order valence-corrected chi connectivity index (χ1v) is 44.2. The summed E-state index contributed by atoms with van der Waals surface area (Å²) in [5, 5.41) is 10.6. The molecule has 100 heavy (non-hydrogen) atoms. The van der Waals surface area contributed by atoms with Crippen LogP contribution >= 0.6 is 15.6 Å². The van der Waals surface area contributed by atoms with E-state index in [2.05, 4.69) is 72.8 Å². The summed E-state index contributed by atoms with van der Waals surface area (Å²) < 4.78 is 68.6. The number of allylic oxidation sites excluding steroid dienone is 4. The van der Waals surface area contributed by atoms with Crippen LogP contribution in [0, 0.1) is 17.8 Å². The Morgan fingerprint density at radius 2 is 0.590 bits per heavy atom. The zero-order chi connectivity index (χ0) is 73.7. The second-order valence-electron chi connectivity index (χ2n) is 29.7. The van der Waals surface area contributed by atoms with Crippen LogP contribution in [0.4, 0.5) is 0 Å². The van der Waals surface area contributed by atoms with Gasteiger partial charge in [0.25, 0.3) is 0 Å². The molecular weight excluding hydrogens is 1310 g/mol. The van der Waals surface area contributed by atoms with E-state index in [0.29, 0.717) is 31.6 Å². The number of ether oxygens (including phenoxy) is 4. The summed E-state index contributed by atoms with van der Waals surface area (Å²) in [6, 6.07) is 0. The third-order valence-electron chi connectivity index (χ3n) is 18.6. The lowest BCUT2D eigenvalue weighted by molar-refractivity contribution is -0.161. The largest absolute Gasteiger partial charge is 0.472 e. The SMILES string of the molecule is CCCCCC/C=C\C=C/CCCCCCCC(=O)O[C@H](COC(=O)CCCCCCCCCCCCCCCCC(C)CC)COP(=O)(O)OCC(O)COP(=O)(O)OC[C@@H](COC(=O)CCCCCCCCC(C)C)OC(=O)CCCCCCCCCCCCCCCCCC(C)C. The number of phosphoric ester groups is 2. The second-order valence-corrected chi connectivity index (χ2v) is 32.6. The summed E-state index contributed by atoms with van der Waals surface area (Å²) in [4.78, 5) is 73.0. The van der Waals surface area contributed by atoms with Crippen molar-refractivity contribution in [2.24, 2.45) is 17.8 Å². The highest BCUT2D eigenvalue weighted by Gasteiger charge is 2.30. The first kappa shape index (κ1) is 97.5. The standard InChI is InChI=1S/C81H154O17P2/c1-8-10-11-12-13-14-15-16-18-26-31-36-41-50-57-64-80(85)97-76(68-91-78(83)62-55-48-40-35-30-25-22-21-24-29-34-39-47-54-61-74(7)9-2)70-95-99(87,88)93-66-75(82)67-94-100(89,90)96-71-77(69-92-79(84)63-56-49-44-43-46-53-60-73(5)6)98-81(86)65-58-51-42-37-32-27-20-17-19-23-28-33-38-45-52-59-72(3)4/h14-16,18,72-77,82H,8-13,17,19-71H2,1-7H3,(H,87,88)(H,89,90)/b15-14-,18-16-/t74?,75?,76-,77-/m1/s1. The number of carbonyl (C=O) groups excluding carboxylic acids is 4. The maximum absolute atomic E-state index is 13.1. The summed E-state index contributed by atoms with van der Waals surface area (Å²) in [7, 11) is -9.93. The number of hydrogen-bond donors (Lipinski definition) is 3. The van der Waals surface area contributed by atoms with Crippen LogP contribution in [0.2, 0.25) is 0 Å². The molecule has 0 spiro atoms. The molecule has 0 bridgehead atoms. The molecule has 0 aliphatic heterocycles. The average molecular weight is 1460 g/mol. The van der Waals surface area contributed by atoms with Crippen molar-refractivity contribution in [1.82, 2.24) is 0 Å². The zero-order valence-electron chi connectivity index (χ0n) is 65.2. The van der Waals surface area contributed by atoms with E-state index in [-0.39, 0.29) is 25.7 Å². The Labute approximate surface area is 612 Å². The first-order chi connectivity index (χ1) is 48.3. The van der Waals surface area contributed by atoms with E-state index in [1.807, 2.05) is 0 Å². The van der Waals surface area contributed by atoms with Gasteiger partial charge in [-0.3, -0.25) is 37.3 Å². The normalized spacial score (nSPS) is 14.4. The fraction of sp³-hybridized carbons (Fsp3) is 0.901. The molecule has 0 aromatic carbocycles. The molecule has 0 aliphatic carbocycles. The quantitative estimate of drug-likeness (QED) is 0.0169. The maximum atomic E-state index is 13.1. The van der Waals surface area contributed by atoms with Gasteiger partial charge in [0.05, 0.1) is 26.4 Å². The number of rotatable bonds is 77. The summed E-state index contributed by atoms with van der Waals surface area (Å²) in [6.07, 6.45) is 62.0. The van der Waals surface area contributed by atoms with Crippen LogP contribution in [0.15, 0.2) is 24.3 Å². The summed E-state index contributed by atoms with van der Waals surface area (Å²) in [5.74, 6) is 0.183. The molecule has 0 fully saturated rings. The van der Waals surface area contributed by atoms with Gasteiger partial charge >= 0.3 is 39.5 Å². The smallest absolute Gasteiger partial charge is 0.462 e.